The van der Waals surface area contributed by atoms with E-state index in [2.05, 4.69) is 10.6 Å². The Morgan fingerprint density at radius 3 is 2.46 bits per heavy atom. The summed E-state index contributed by atoms with van der Waals surface area (Å²) in [5, 5.41) is 5.00. The van der Waals surface area contributed by atoms with Crippen LogP contribution in [0.25, 0.3) is 0 Å². The van der Waals surface area contributed by atoms with Gasteiger partial charge in [0.25, 0.3) is 0 Å². The molecule has 0 heterocycles. The Morgan fingerprint density at radius 2 is 1.88 bits per heavy atom. The highest BCUT2D eigenvalue weighted by molar-refractivity contribution is 7.98. The average Bonchev–Trinajstić information content (AvgIpc) is 2.57. The normalized spacial score (nSPS) is 12.8. The number of hydrogen-bond acceptors (Lipinski definition) is 5. The molecule has 4 N–H and O–H groups in total. The van der Waals surface area contributed by atoms with Crippen LogP contribution in [0.5, 0.6) is 0 Å². The summed E-state index contributed by atoms with van der Waals surface area (Å²) in [6.07, 6.45) is 1.63. The Kier molecular flexibility index (Phi) is 8.70. The monoisotopic (exact) mass is 353 g/mol. The zero-order valence-corrected chi connectivity index (χ0v) is 14.6. The molecule has 0 bridgehead atoms. The van der Waals surface area contributed by atoms with E-state index in [1.54, 1.807) is 11.8 Å². The van der Waals surface area contributed by atoms with E-state index in [9.17, 15) is 14.4 Å². The Hall–Kier alpha value is -2.22. The molecule has 0 spiro atoms. The van der Waals surface area contributed by atoms with E-state index in [1.807, 2.05) is 36.6 Å². The second-order valence-corrected chi connectivity index (χ2v) is 6.16. The quantitative estimate of drug-likeness (QED) is 0.614. The van der Waals surface area contributed by atoms with E-state index in [4.69, 9.17) is 10.5 Å². The van der Waals surface area contributed by atoms with Gasteiger partial charge in [-0.1, -0.05) is 30.3 Å². The summed E-state index contributed by atoms with van der Waals surface area (Å²) in [4.78, 5) is 35.1. The summed E-state index contributed by atoms with van der Waals surface area (Å²) in [6, 6.07) is 7.62. The van der Waals surface area contributed by atoms with Gasteiger partial charge in [0, 0.05) is 0 Å². The van der Waals surface area contributed by atoms with Crippen LogP contribution in [0.2, 0.25) is 0 Å². The molecule has 132 valence electrons. The van der Waals surface area contributed by atoms with E-state index in [0.29, 0.717) is 12.2 Å². The molecule has 0 aliphatic carbocycles. The summed E-state index contributed by atoms with van der Waals surface area (Å²) in [7, 11) is 0. The van der Waals surface area contributed by atoms with Gasteiger partial charge in [0.1, 0.15) is 18.7 Å². The van der Waals surface area contributed by atoms with Crippen LogP contribution in [0.15, 0.2) is 30.3 Å². The Balaban J connectivity index is 2.55. The molecule has 0 aliphatic heterocycles. The molecule has 0 saturated carbocycles. The lowest BCUT2D eigenvalue weighted by atomic mass is 10.2. The molecular weight excluding hydrogens is 330 g/mol. The molecule has 0 aromatic heterocycles. The minimum atomic E-state index is -0.809. The summed E-state index contributed by atoms with van der Waals surface area (Å²) in [5.41, 5.74) is 5.98. The molecule has 0 saturated heterocycles. The molecule has 3 amide bonds. The second kappa shape index (κ2) is 10.5. The predicted molar refractivity (Wildman–Crippen MR) is 93.3 cm³/mol. The number of carbonyl (C=O) groups is 3. The van der Waals surface area contributed by atoms with Crippen molar-refractivity contribution < 1.29 is 19.1 Å². The highest BCUT2D eigenvalue weighted by Gasteiger charge is 2.23. The van der Waals surface area contributed by atoms with Crippen LogP contribution in [0.1, 0.15) is 18.9 Å². The molecule has 24 heavy (non-hydrogen) atoms. The highest BCUT2D eigenvalue weighted by Crippen LogP contribution is 2.04. The number of hydrogen-bond donors (Lipinski definition) is 3. The van der Waals surface area contributed by atoms with Crippen molar-refractivity contribution in [3.63, 3.8) is 0 Å². The van der Waals surface area contributed by atoms with Crippen LogP contribution >= 0.6 is 11.8 Å². The van der Waals surface area contributed by atoms with Gasteiger partial charge in [0.2, 0.25) is 11.8 Å². The van der Waals surface area contributed by atoms with Crippen LogP contribution < -0.4 is 16.4 Å². The van der Waals surface area contributed by atoms with E-state index in [1.165, 1.54) is 6.92 Å². The fraction of sp³-hybridized carbons (Fsp3) is 0.438. The van der Waals surface area contributed by atoms with Gasteiger partial charge in [-0.15, -0.1) is 0 Å². The topological polar surface area (TPSA) is 111 Å². The molecule has 0 aliphatic rings. The van der Waals surface area contributed by atoms with Crippen molar-refractivity contribution in [1.82, 2.24) is 10.6 Å². The second-order valence-electron chi connectivity index (χ2n) is 5.17. The standard InChI is InChI=1S/C16H23N3O4S/c1-11(14(17)20)18-15(21)13(8-9-24-2)19-16(22)23-10-12-6-4-3-5-7-12/h3-7,11,13H,8-10H2,1-2H3,(H2,17,20)(H,18,21)(H,19,22)/t11-,13+/m0/s1. The zero-order chi connectivity index (χ0) is 17.9. The van der Waals surface area contributed by atoms with Gasteiger partial charge in [-0.3, -0.25) is 9.59 Å². The van der Waals surface area contributed by atoms with Gasteiger partial charge in [-0.05, 0) is 30.9 Å². The first-order valence-corrected chi connectivity index (χ1v) is 8.89. The summed E-state index contributed by atoms with van der Waals surface area (Å²) >= 11 is 1.55. The lowest BCUT2D eigenvalue weighted by Crippen LogP contribution is -2.52. The fourth-order valence-electron chi connectivity index (χ4n) is 1.80. The van der Waals surface area contributed by atoms with Gasteiger partial charge >= 0.3 is 6.09 Å². The molecular formula is C16H23N3O4S. The molecule has 2 atom stereocenters. The number of rotatable bonds is 9. The van der Waals surface area contributed by atoms with Gasteiger partial charge in [0.05, 0.1) is 0 Å². The molecule has 1 aromatic rings. The van der Waals surface area contributed by atoms with Crippen molar-refractivity contribution in [2.75, 3.05) is 12.0 Å². The lowest BCUT2D eigenvalue weighted by Gasteiger charge is -2.19. The number of ether oxygens (including phenoxy) is 1. The average molecular weight is 353 g/mol. The first-order valence-electron chi connectivity index (χ1n) is 7.50. The van der Waals surface area contributed by atoms with Crippen molar-refractivity contribution in [2.24, 2.45) is 5.73 Å². The van der Waals surface area contributed by atoms with Crippen LogP contribution in [-0.4, -0.2) is 42.0 Å². The third kappa shape index (κ3) is 7.36. The maximum atomic E-state index is 12.2. The minimum absolute atomic E-state index is 0.112. The lowest BCUT2D eigenvalue weighted by molar-refractivity contribution is -0.128. The number of carbonyl (C=O) groups excluding carboxylic acids is 3. The van der Waals surface area contributed by atoms with E-state index in [-0.39, 0.29) is 6.61 Å². The largest absolute Gasteiger partial charge is 0.445 e. The summed E-state index contributed by atoms with van der Waals surface area (Å²) in [5.74, 6) is -0.437. The Morgan fingerprint density at radius 1 is 1.21 bits per heavy atom. The number of benzene rings is 1. The summed E-state index contributed by atoms with van der Waals surface area (Å²) < 4.78 is 5.11. The summed E-state index contributed by atoms with van der Waals surface area (Å²) in [6.45, 7) is 1.60. The fourth-order valence-corrected chi connectivity index (χ4v) is 2.27. The maximum absolute atomic E-state index is 12.2. The van der Waals surface area contributed by atoms with Crippen LogP contribution in [0, 0.1) is 0 Å². The number of amides is 3. The van der Waals surface area contributed by atoms with Crippen molar-refractivity contribution in [2.45, 2.75) is 32.0 Å². The molecule has 8 heteroatoms. The number of nitrogens with two attached hydrogens (primary N) is 1. The van der Waals surface area contributed by atoms with Crippen molar-refractivity contribution in [1.29, 1.82) is 0 Å². The highest BCUT2D eigenvalue weighted by atomic mass is 32.2. The smallest absolute Gasteiger partial charge is 0.408 e. The SMILES string of the molecule is CSCC[C@@H](NC(=O)OCc1ccccc1)C(=O)N[C@@H](C)C(N)=O. The molecule has 1 aromatic carbocycles. The van der Waals surface area contributed by atoms with E-state index >= 15 is 0 Å². The van der Waals surface area contributed by atoms with E-state index in [0.717, 1.165) is 5.56 Å². The number of thioether (sulfide) groups is 1. The first-order chi connectivity index (χ1) is 11.4. The van der Waals surface area contributed by atoms with Crippen molar-refractivity contribution >= 4 is 29.7 Å². The maximum Gasteiger partial charge on any atom is 0.408 e. The molecule has 1 rings (SSSR count). The Bertz CT molecular complexity index is 554. The van der Waals surface area contributed by atoms with Crippen LogP contribution in [0.4, 0.5) is 4.79 Å². The molecule has 0 radical (unpaired) electrons. The molecule has 0 unspecified atom stereocenters. The third-order valence-electron chi connectivity index (χ3n) is 3.22. The number of primary amides is 1. The first kappa shape index (κ1) is 19.8. The van der Waals surface area contributed by atoms with Crippen LogP contribution in [-0.2, 0) is 20.9 Å². The van der Waals surface area contributed by atoms with Crippen LogP contribution in [0.3, 0.4) is 0 Å². The Labute approximate surface area is 145 Å². The molecule has 0 fully saturated rings. The molecule has 7 nitrogen and oxygen atoms in total. The van der Waals surface area contributed by atoms with Gasteiger partial charge in [-0.25, -0.2) is 4.79 Å². The van der Waals surface area contributed by atoms with Gasteiger partial charge in [0.15, 0.2) is 0 Å². The predicted octanol–water partition coefficient (Wildman–Crippen LogP) is 1.02. The number of nitrogens with one attached hydrogen (secondary N) is 2. The van der Waals surface area contributed by atoms with Crippen molar-refractivity contribution in [3.8, 4) is 0 Å². The third-order valence-corrected chi connectivity index (χ3v) is 3.86. The van der Waals surface area contributed by atoms with Crippen molar-refractivity contribution in [3.05, 3.63) is 35.9 Å². The zero-order valence-electron chi connectivity index (χ0n) is 13.8. The van der Waals surface area contributed by atoms with Gasteiger partial charge < -0.3 is 21.1 Å². The van der Waals surface area contributed by atoms with E-state index < -0.39 is 30.0 Å². The minimum Gasteiger partial charge on any atom is -0.445 e. The number of alkyl carbamates (subject to hydrolysis) is 1. The van der Waals surface area contributed by atoms with Gasteiger partial charge in [-0.2, -0.15) is 11.8 Å².